The number of nitrogens with zero attached hydrogens (tertiary/aromatic N) is 5. The summed E-state index contributed by atoms with van der Waals surface area (Å²) in [5, 5.41) is 13.1. The van der Waals surface area contributed by atoms with Crippen LogP contribution in [0.3, 0.4) is 0 Å². The molecule has 0 radical (unpaired) electrons. The van der Waals surface area contributed by atoms with Crippen LogP contribution in [0.1, 0.15) is 19.0 Å². The molecule has 2 aromatic rings. The van der Waals surface area contributed by atoms with Gasteiger partial charge in [-0.2, -0.15) is 27.8 Å². The maximum Gasteiger partial charge on any atom is 0.394 e. The fraction of sp³-hybridized carbons (Fsp3) is 0.571. The smallest absolute Gasteiger partial charge is 0.394 e. The van der Waals surface area contributed by atoms with Crippen molar-refractivity contribution in [1.82, 2.24) is 19.6 Å². The number of carboxylic acid groups (broad SMARTS) is 1. The highest BCUT2D eigenvalue weighted by atomic mass is 19.4. The fourth-order valence-corrected chi connectivity index (χ4v) is 3.03. The highest BCUT2D eigenvalue weighted by Gasteiger charge is 2.53. The first kappa shape index (κ1) is 16.5. The van der Waals surface area contributed by atoms with Gasteiger partial charge in [-0.3, -0.25) is 4.79 Å². The van der Waals surface area contributed by atoms with Crippen molar-refractivity contribution in [3.8, 4) is 0 Å². The third-order valence-electron chi connectivity index (χ3n) is 4.17. The summed E-state index contributed by atoms with van der Waals surface area (Å²) >= 11 is 0. The molecule has 3 rings (SSSR count). The molecule has 3 heterocycles. The Morgan fingerprint density at radius 1 is 1.42 bits per heavy atom. The van der Waals surface area contributed by atoms with Gasteiger partial charge in [-0.15, -0.1) is 0 Å². The van der Waals surface area contributed by atoms with Crippen molar-refractivity contribution in [3.05, 3.63) is 18.1 Å². The van der Waals surface area contributed by atoms with E-state index in [-0.39, 0.29) is 6.54 Å². The summed E-state index contributed by atoms with van der Waals surface area (Å²) in [6, 6.07) is 1.66. The second kappa shape index (κ2) is 5.91. The largest absolute Gasteiger partial charge is 0.481 e. The van der Waals surface area contributed by atoms with E-state index in [0.717, 1.165) is 6.42 Å². The van der Waals surface area contributed by atoms with Gasteiger partial charge in [0.15, 0.2) is 0 Å². The highest BCUT2D eigenvalue weighted by Crippen LogP contribution is 2.39. The van der Waals surface area contributed by atoms with Gasteiger partial charge in [0.05, 0.1) is 11.8 Å². The molecular formula is C14H16F3N5O2. The molecule has 0 unspecified atom stereocenters. The molecule has 24 heavy (non-hydrogen) atoms. The molecule has 0 amide bonds. The molecule has 7 nitrogen and oxygen atoms in total. The topological polar surface area (TPSA) is 83.6 Å². The monoisotopic (exact) mass is 343 g/mol. The zero-order valence-electron chi connectivity index (χ0n) is 12.9. The van der Waals surface area contributed by atoms with E-state index < -0.39 is 30.5 Å². The number of aliphatic carboxylic acids is 1. The molecule has 0 bridgehead atoms. The first-order valence-electron chi connectivity index (χ1n) is 7.55. The van der Waals surface area contributed by atoms with E-state index in [1.54, 1.807) is 6.07 Å². The van der Waals surface area contributed by atoms with Gasteiger partial charge < -0.3 is 10.0 Å². The van der Waals surface area contributed by atoms with Gasteiger partial charge in [-0.25, -0.2) is 4.98 Å². The Hall–Kier alpha value is -2.39. The standard InChI is InChI=1S/C14H16F3N5O2/c1-2-3-8-4-11(22-13(20-8)18-7-19-22)21-5-9(12(23)24)10(6-21)14(15,16)17/h4,7,9-10H,2-3,5-6H2,1H3,(H,23,24)/t9-,10-/m1/s1. The highest BCUT2D eigenvalue weighted by molar-refractivity contribution is 5.72. The van der Waals surface area contributed by atoms with Gasteiger partial charge in [0.2, 0.25) is 0 Å². The molecule has 1 aliphatic rings. The second-order valence-corrected chi connectivity index (χ2v) is 5.83. The number of hydrogen-bond donors (Lipinski definition) is 1. The Balaban J connectivity index is 2.01. The van der Waals surface area contributed by atoms with Gasteiger partial charge in [0, 0.05) is 24.8 Å². The SMILES string of the molecule is CCCc1cc(N2C[C@@H](C(F)(F)F)[C@H](C(=O)O)C2)n2ncnc2n1. The quantitative estimate of drug-likeness (QED) is 0.911. The van der Waals surface area contributed by atoms with E-state index in [0.29, 0.717) is 23.7 Å². The first-order chi connectivity index (χ1) is 11.3. The van der Waals surface area contributed by atoms with Crippen molar-refractivity contribution < 1.29 is 23.1 Å². The Morgan fingerprint density at radius 2 is 2.17 bits per heavy atom. The molecule has 0 spiro atoms. The van der Waals surface area contributed by atoms with Crippen LogP contribution in [0, 0.1) is 11.8 Å². The minimum atomic E-state index is -4.57. The Morgan fingerprint density at radius 3 is 2.75 bits per heavy atom. The predicted molar refractivity (Wildman–Crippen MR) is 77.7 cm³/mol. The average molecular weight is 343 g/mol. The molecule has 10 heteroatoms. The Kier molecular flexibility index (Phi) is 4.06. The normalized spacial score (nSPS) is 21.6. The van der Waals surface area contributed by atoms with E-state index in [1.165, 1.54) is 15.7 Å². The van der Waals surface area contributed by atoms with Crippen molar-refractivity contribution in [2.24, 2.45) is 11.8 Å². The molecule has 0 saturated carbocycles. The van der Waals surface area contributed by atoms with Gasteiger partial charge in [0.1, 0.15) is 12.1 Å². The third kappa shape index (κ3) is 2.87. The van der Waals surface area contributed by atoms with Gasteiger partial charge in [0.25, 0.3) is 5.78 Å². The fourth-order valence-electron chi connectivity index (χ4n) is 3.03. The minimum Gasteiger partial charge on any atom is -0.481 e. The lowest BCUT2D eigenvalue weighted by molar-refractivity contribution is -0.187. The lowest BCUT2D eigenvalue weighted by Gasteiger charge is -2.20. The van der Waals surface area contributed by atoms with Gasteiger partial charge >= 0.3 is 12.1 Å². The Labute approximate surface area is 135 Å². The molecule has 2 atom stereocenters. The maximum absolute atomic E-state index is 13.2. The van der Waals surface area contributed by atoms with E-state index in [1.807, 2.05) is 6.92 Å². The average Bonchev–Trinajstić information content (AvgIpc) is 3.13. The van der Waals surface area contributed by atoms with Crippen LogP contribution in [0.4, 0.5) is 19.0 Å². The number of alkyl halides is 3. The summed E-state index contributed by atoms with van der Waals surface area (Å²) in [6.07, 6.45) is -1.83. The molecule has 130 valence electrons. The number of fused-ring (bicyclic) bond motifs is 1. The molecular weight excluding hydrogens is 327 g/mol. The third-order valence-corrected chi connectivity index (χ3v) is 4.17. The van der Waals surface area contributed by atoms with Crippen LogP contribution in [0.25, 0.3) is 5.78 Å². The van der Waals surface area contributed by atoms with E-state index in [4.69, 9.17) is 5.11 Å². The summed E-state index contributed by atoms with van der Waals surface area (Å²) in [6.45, 7) is 1.31. The summed E-state index contributed by atoms with van der Waals surface area (Å²) in [4.78, 5) is 20.9. The number of rotatable bonds is 4. The van der Waals surface area contributed by atoms with Crippen LogP contribution in [0.15, 0.2) is 12.4 Å². The summed E-state index contributed by atoms with van der Waals surface area (Å²) in [7, 11) is 0. The van der Waals surface area contributed by atoms with Crippen molar-refractivity contribution in [1.29, 1.82) is 0 Å². The number of aryl methyl sites for hydroxylation is 1. The number of anilines is 1. The van der Waals surface area contributed by atoms with Crippen molar-refractivity contribution in [2.75, 3.05) is 18.0 Å². The van der Waals surface area contributed by atoms with E-state index >= 15 is 0 Å². The molecule has 1 fully saturated rings. The molecule has 1 saturated heterocycles. The molecule has 1 N–H and O–H groups in total. The summed E-state index contributed by atoms with van der Waals surface area (Å²) in [5.41, 5.74) is 0.690. The van der Waals surface area contributed by atoms with E-state index in [2.05, 4.69) is 15.1 Å². The lowest BCUT2D eigenvalue weighted by Crippen LogP contribution is -2.33. The van der Waals surface area contributed by atoms with Crippen LogP contribution in [-0.2, 0) is 11.2 Å². The Bertz CT molecular complexity index is 760. The summed E-state index contributed by atoms with van der Waals surface area (Å²) < 4.78 is 40.9. The minimum absolute atomic E-state index is 0.232. The first-order valence-corrected chi connectivity index (χ1v) is 7.55. The van der Waals surface area contributed by atoms with Gasteiger partial charge in [-0.05, 0) is 6.42 Å². The number of carboxylic acids is 1. The molecule has 0 aromatic carbocycles. The van der Waals surface area contributed by atoms with Gasteiger partial charge in [-0.1, -0.05) is 13.3 Å². The van der Waals surface area contributed by atoms with Crippen LogP contribution in [-0.4, -0.2) is 49.9 Å². The van der Waals surface area contributed by atoms with E-state index in [9.17, 15) is 18.0 Å². The predicted octanol–water partition coefficient (Wildman–Crippen LogP) is 1.78. The lowest BCUT2D eigenvalue weighted by atomic mass is 9.96. The van der Waals surface area contributed by atoms with Crippen LogP contribution in [0.5, 0.6) is 0 Å². The van der Waals surface area contributed by atoms with Crippen molar-refractivity contribution >= 4 is 17.6 Å². The number of carbonyl (C=O) groups is 1. The number of aromatic nitrogens is 4. The van der Waals surface area contributed by atoms with Crippen molar-refractivity contribution in [2.45, 2.75) is 25.9 Å². The second-order valence-electron chi connectivity index (χ2n) is 5.83. The molecule has 0 aliphatic carbocycles. The molecule has 2 aromatic heterocycles. The van der Waals surface area contributed by atoms with Crippen LogP contribution in [0.2, 0.25) is 0 Å². The van der Waals surface area contributed by atoms with Crippen molar-refractivity contribution in [3.63, 3.8) is 0 Å². The zero-order chi connectivity index (χ0) is 17.5. The maximum atomic E-state index is 13.2. The number of halogens is 3. The van der Waals surface area contributed by atoms with Crippen LogP contribution < -0.4 is 4.90 Å². The van der Waals surface area contributed by atoms with Crippen LogP contribution >= 0.6 is 0 Å². The summed E-state index contributed by atoms with van der Waals surface area (Å²) in [5.74, 6) is -4.20. The zero-order valence-corrected chi connectivity index (χ0v) is 12.9. The number of hydrogen-bond acceptors (Lipinski definition) is 5. The molecule has 1 aliphatic heterocycles.